The minimum Gasteiger partial charge on any atom is -0.488 e. The van der Waals surface area contributed by atoms with Crippen molar-refractivity contribution in [3.05, 3.63) is 192 Å². The Morgan fingerprint density at radius 1 is 0.439 bits per heavy atom. The second-order valence-corrected chi connectivity index (χ2v) is 34.3. The topological polar surface area (TPSA) is 213 Å². The lowest BCUT2D eigenvalue weighted by atomic mass is 9.98. The molecule has 12 heterocycles. The lowest BCUT2D eigenvalue weighted by Crippen LogP contribution is -2.59. The SMILES string of the molecule is C=CC(=O)N1C[C@H](C)N(c2nc(=O)n3c4c(c(-c5ccc(F)cc5F)c(Cl)cc24)OCC3CN2CC(F)(F)C2)C[C@H]1C.C=CC(=O)N1C[C@H](C)N(c2nc(=O)n3c4c(c(-c5ccc(F)cc5F)c(Cl)cc24)OCC3CN2CC(F)C2)C[C@H]1C.C=CC(=O)N1C[C@H](C)N(c2nc(=O)n3c4c(c(-c5ccc(F)cc5F)c(Cl)cc24)OCC3CN2CCC2)C[C@H]1C. The molecule has 9 aliphatic heterocycles. The van der Waals surface area contributed by atoms with Crippen LogP contribution in [0.1, 0.15) is 66.1 Å². The number of aromatic nitrogens is 6. The molecular formula is C87H87Cl3F9N15O9. The van der Waals surface area contributed by atoms with Gasteiger partial charge in [-0.1, -0.05) is 54.5 Å². The molecule has 0 aliphatic carbocycles. The molecule has 36 heteroatoms. The van der Waals surface area contributed by atoms with Crippen LogP contribution in [0, 0.1) is 34.9 Å². The molecule has 6 aromatic carbocycles. The standard InChI is InChI=1S/C29H28ClF4N5O3.C29H29ClF3N5O3.C29H30ClF2N5O3/c1-4-23(40)37-9-16(3)38(10-15(37)2)27-20-8-21(30)24(19-6-5-17(31)7-22(19)32)26-25(20)39(28(41)35-27)18(12-42-26)11-36-13-29(33,34)14-36;1-4-24(39)36-9-16(3)37(10-15(36)2)28-21-8-22(30)25(20-6-5-17(31)7-23(20)33)27-26(21)38(29(40)34-28)19(14-41-27)13-35-11-18(32)12-35;1-4-24(38)35-12-17(3)36(13-16(35)2)28-21-11-22(30)25(20-7-6-18(31)10-23(20)32)27-26(21)37(29(39)33-28)19(15-40-27)14-34-8-5-9-34/h4-8,15-16,18H,1,9-14H2,2-3H3;4-8,15-16,18-19H,1,9-14H2,2-3H3;4,6-7,10-11,16-17,19H,1,5,8-9,12-15H2,2-3H3/t15-,16+,18?;15-,16+,19?;16-,17+,19?/m111/s1. The number of halogens is 12. The summed E-state index contributed by atoms with van der Waals surface area (Å²) >= 11 is 20.4. The lowest BCUT2D eigenvalue weighted by Gasteiger charge is -2.45. The number of hydrogen-bond acceptors (Lipinski definition) is 18. The van der Waals surface area contributed by atoms with Gasteiger partial charge in [-0.05, 0) is 134 Å². The maximum atomic E-state index is 15.0. The van der Waals surface area contributed by atoms with Gasteiger partial charge in [-0.15, -0.1) is 0 Å². The molecule has 6 saturated heterocycles. The van der Waals surface area contributed by atoms with Crippen LogP contribution in [0.2, 0.25) is 15.1 Å². The zero-order valence-corrected chi connectivity index (χ0v) is 70.2. The number of hydrogen-bond donors (Lipinski definition) is 0. The average Bonchev–Trinajstić information content (AvgIpc) is 0.726. The number of carbonyl (C=O) groups is 3. The van der Waals surface area contributed by atoms with Gasteiger partial charge in [-0.3, -0.25) is 37.9 Å². The van der Waals surface area contributed by atoms with E-state index in [1.54, 1.807) is 37.5 Å². The van der Waals surface area contributed by atoms with Crippen molar-refractivity contribution in [1.29, 1.82) is 0 Å². The summed E-state index contributed by atoms with van der Waals surface area (Å²) in [6.07, 6.45) is 4.03. The van der Waals surface area contributed by atoms with Crippen LogP contribution < -0.4 is 46.0 Å². The van der Waals surface area contributed by atoms with Gasteiger partial charge in [0, 0.05) is 176 Å². The van der Waals surface area contributed by atoms with Gasteiger partial charge in [0.15, 0.2) is 17.2 Å². The molecule has 6 fully saturated rings. The second kappa shape index (κ2) is 33.7. The Balaban J connectivity index is 0.000000137. The van der Waals surface area contributed by atoms with E-state index in [2.05, 4.69) is 39.6 Å². The minimum absolute atomic E-state index is 0.0185. The number of ether oxygens (including phenoxy) is 3. The summed E-state index contributed by atoms with van der Waals surface area (Å²) in [5.41, 5.74) is 0.285. The molecule has 0 saturated carbocycles. The molecular weight excluding hydrogens is 1680 g/mol. The van der Waals surface area contributed by atoms with Crippen molar-refractivity contribution < 1.29 is 68.1 Å². The summed E-state index contributed by atoms with van der Waals surface area (Å²) in [7, 11) is 0. The summed E-state index contributed by atoms with van der Waals surface area (Å²) in [6.45, 7) is 27.5. The van der Waals surface area contributed by atoms with Crippen molar-refractivity contribution in [2.24, 2.45) is 0 Å². The van der Waals surface area contributed by atoms with Crippen molar-refractivity contribution in [2.45, 2.75) is 114 Å². The van der Waals surface area contributed by atoms with Crippen LogP contribution in [0.5, 0.6) is 17.2 Å². The highest BCUT2D eigenvalue weighted by Crippen LogP contribution is 2.52. The number of carbonyl (C=O) groups excluding carboxylic acids is 3. The van der Waals surface area contributed by atoms with Crippen molar-refractivity contribution in [3.63, 3.8) is 0 Å². The number of alkyl halides is 3. The van der Waals surface area contributed by atoms with Crippen LogP contribution in [0.3, 0.4) is 0 Å². The Morgan fingerprint density at radius 2 is 0.740 bits per heavy atom. The van der Waals surface area contributed by atoms with Crippen LogP contribution >= 0.6 is 34.8 Å². The number of piperazine rings is 3. The molecule has 123 heavy (non-hydrogen) atoms. The lowest BCUT2D eigenvalue weighted by molar-refractivity contribution is -0.134. The molecule has 3 unspecified atom stereocenters. The predicted molar refractivity (Wildman–Crippen MR) is 451 cm³/mol. The van der Waals surface area contributed by atoms with E-state index in [-0.39, 0.29) is 165 Å². The number of rotatable bonds is 15. The number of likely N-dealkylation sites (tertiary alicyclic amines) is 3. The highest BCUT2D eigenvalue weighted by atomic mass is 35.5. The summed E-state index contributed by atoms with van der Waals surface area (Å²) in [4.78, 5) is 109. The van der Waals surface area contributed by atoms with Crippen molar-refractivity contribution >= 4 is 103 Å². The number of nitrogens with zero attached hydrogens (tertiary/aromatic N) is 15. The van der Waals surface area contributed by atoms with Crippen molar-refractivity contribution in [1.82, 2.24) is 58.1 Å². The van der Waals surface area contributed by atoms with E-state index in [0.29, 0.717) is 103 Å². The molecule has 0 bridgehead atoms. The van der Waals surface area contributed by atoms with Gasteiger partial charge in [0.2, 0.25) is 17.7 Å². The van der Waals surface area contributed by atoms with E-state index in [4.69, 9.17) is 49.0 Å². The Hall–Kier alpha value is -10.7. The first-order valence-electron chi connectivity index (χ1n) is 40.5. The van der Waals surface area contributed by atoms with Crippen LogP contribution in [0.15, 0.2) is 125 Å². The molecule has 0 spiro atoms. The number of benzene rings is 6. The fourth-order valence-corrected chi connectivity index (χ4v) is 19.3. The van der Waals surface area contributed by atoms with Crippen LogP contribution in [0.4, 0.5) is 57.0 Å². The third kappa shape index (κ3) is 15.9. The van der Waals surface area contributed by atoms with Gasteiger partial charge in [0.05, 0.1) is 62.8 Å². The van der Waals surface area contributed by atoms with Crippen LogP contribution in [0.25, 0.3) is 66.1 Å². The molecule has 18 rings (SSSR count). The fraction of sp³-hybridized carbons (Fsp3) is 0.414. The third-order valence-corrected chi connectivity index (χ3v) is 25.5. The Bertz CT molecular complexity index is 6030. The van der Waals surface area contributed by atoms with Gasteiger partial charge in [-0.2, -0.15) is 15.0 Å². The first-order chi connectivity index (χ1) is 58.6. The summed E-state index contributed by atoms with van der Waals surface area (Å²) in [6, 6.07) is 11.8. The quantitative estimate of drug-likeness (QED) is 0.0689. The normalized spacial score (nSPS) is 23.0. The van der Waals surface area contributed by atoms with E-state index < -0.39 is 89.2 Å². The van der Waals surface area contributed by atoms with Crippen LogP contribution in [-0.4, -0.2) is 242 Å². The summed E-state index contributed by atoms with van der Waals surface area (Å²) in [5.74, 6) is -6.31. The van der Waals surface area contributed by atoms with Crippen molar-refractivity contribution in [3.8, 4) is 50.6 Å². The van der Waals surface area contributed by atoms with Crippen molar-refractivity contribution in [2.75, 3.05) is 133 Å². The summed E-state index contributed by atoms with van der Waals surface area (Å²) in [5, 5.41) is 2.01. The van der Waals surface area contributed by atoms with Gasteiger partial charge in [-0.25, -0.2) is 53.9 Å². The molecule has 9 aliphatic rings. The van der Waals surface area contributed by atoms with E-state index in [1.165, 1.54) is 56.5 Å². The van der Waals surface area contributed by atoms with E-state index in [0.717, 1.165) is 49.8 Å². The van der Waals surface area contributed by atoms with Gasteiger partial charge in [0.1, 0.15) is 78.3 Å². The largest absolute Gasteiger partial charge is 0.488 e. The molecule has 0 N–H and O–H groups in total. The highest BCUT2D eigenvalue weighted by molar-refractivity contribution is 6.36. The molecule has 648 valence electrons. The Kier molecular flexibility index (Phi) is 23.5. The minimum atomic E-state index is -2.79. The third-order valence-electron chi connectivity index (χ3n) is 24.6. The zero-order chi connectivity index (χ0) is 87.5. The predicted octanol–water partition coefficient (Wildman–Crippen LogP) is 12.9. The van der Waals surface area contributed by atoms with E-state index in [9.17, 15) is 55.1 Å². The average molecular weight is 1760 g/mol. The second-order valence-electron chi connectivity index (χ2n) is 33.0. The smallest absolute Gasteiger partial charge is 0.350 e. The van der Waals surface area contributed by atoms with Gasteiger partial charge in [0.25, 0.3) is 5.92 Å². The molecule has 24 nitrogen and oxygen atoms in total. The van der Waals surface area contributed by atoms with Gasteiger partial charge >= 0.3 is 17.1 Å². The monoisotopic (exact) mass is 1760 g/mol. The molecule has 3 aromatic heterocycles. The van der Waals surface area contributed by atoms with Crippen LogP contribution in [-0.2, 0) is 14.4 Å². The Labute approximate surface area is 715 Å². The maximum Gasteiger partial charge on any atom is 0.350 e. The number of amides is 3. The highest BCUT2D eigenvalue weighted by Gasteiger charge is 2.47. The van der Waals surface area contributed by atoms with E-state index in [1.807, 2.05) is 61.1 Å². The molecule has 3 amide bonds. The molecule has 9 aromatic rings. The molecule has 9 atom stereocenters. The summed E-state index contributed by atoms with van der Waals surface area (Å²) < 4.78 is 150. The maximum absolute atomic E-state index is 15.0. The fourth-order valence-electron chi connectivity index (χ4n) is 18.5. The van der Waals surface area contributed by atoms with Gasteiger partial charge < -0.3 is 48.5 Å². The molecule has 0 radical (unpaired) electrons. The van der Waals surface area contributed by atoms with E-state index >= 15 is 13.2 Å². The first-order valence-corrected chi connectivity index (χ1v) is 41.6. The zero-order valence-electron chi connectivity index (χ0n) is 67.9. The Morgan fingerprint density at radius 3 is 1.01 bits per heavy atom. The number of anilines is 3. The first kappa shape index (κ1) is 85.8.